The molecule has 0 spiro atoms. The van der Waals surface area contributed by atoms with Crippen molar-refractivity contribution in [3.63, 3.8) is 0 Å². The Morgan fingerprint density at radius 2 is 1.74 bits per heavy atom. The van der Waals surface area contributed by atoms with Crippen LogP contribution >= 0.6 is 0 Å². The van der Waals surface area contributed by atoms with Crippen LogP contribution in [0.15, 0.2) is 88.2 Å². The Kier molecular flexibility index (Phi) is 4.64. The summed E-state index contributed by atoms with van der Waals surface area (Å²) in [5.41, 5.74) is 4.53. The fraction of sp³-hybridized carbons (Fsp3) is 0.0435. The third kappa shape index (κ3) is 3.86. The summed E-state index contributed by atoms with van der Waals surface area (Å²) < 4.78 is 12.4. The average Bonchev–Trinajstić information content (AvgIpc) is 3.56. The zero-order valence-electron chi connectivity index (χ0n) is 16.5. The average molecular weight is 411 g/mol. The summed E-state index contributed by atoms with van der Waals surface area (Å²) in [6.07, 6.45) is 5.30. The molecule has 0 bridgehead atoms. The summed E-state index contributed by atoms with van der Waals surface area (Å²) in [7, 11) is 1.89. The van der Waals surface area contributed by atoms with E-state index in [2.05, 4.69) is 20.6 Å². The molecule has 0 aliphatic heterocycles. The molecule has 0 aliphatic rings. The van der Waals surface area contributed by atoms with Gasteiger partial charge in [0.05, 0.1) is 12.5 Å². The van der Waals surface area contributed by atoms with Crippen molar-refractivity contribution >= 4 is 11.9 Å². The van der Waals surface area contributed by atoms with Crippen LogP contribution in [0.25, 0.3) is 33.9 Å². The van der Waals surface area contributed by atoms with E-state index in [-0.39, 0.29) is 17.8 Å². The van der Waals surface area contributed by atoms with Gasteiger partial charge in [-0.1, -0.05) is 41.5 Å². The van der Waals surface area contributed by atoms with E-state index >= 15 is 0 Å². The maximum atomic E-state index is 12.7. The molecule has 0 saturated heterocycles. The van der Waals surface area contributed by atoms with Gasteiger partial charge < -0.3 is 8.83 Å². The molecular weight excluding hydrogens is 394 g/mol. The summed E-state index contributed by atoms with van der Waals surface area (Å²) in [6, 6.07) is 18.9. The lowest BCUT2D eigenvalue weighted by molar-refractivity contribution is 0.102. The van der Waals surface area contributed by atoms with Gasteiger partial charge in [-0.25, -0.2) is 0 Å². The SMILES string of the molecule is Cn1cc(-c2ccc(-c3cccc(C(=O)Nc4nnc(-c5ccco5)o4)c3)cc2)cn1. The Labute approximate surface area is 177 Å². The summed E-state index contributed by atoms with van der Waals surface area (Å²) in [4.78, 5) is 12.7. The number of amides is 1. The molecule has 8 nitrogen and oxygen atoms in total. The molecule has 5 aromatic rings. The molecule has 31 heavy (non-hydrogen) atoms. The Balaban J connectivity index is 1.33. The van der Waals surface area contributed by atoms with E-state index < -0.39 is 0 Å². The van der Waals surface area contributed by atoms with Gasteiger partial charge in [0.1, 0.15) is 0 Å². The number of anilines is 1. The molecule has 152 valence electrons. The molecule has 0 aliphatic carbocycles. The molecule has 3 aromatic heterocycles. The highest BCUT2D eigenvalue weighted by atomic mass is 16.4. The number of rotatable bonds is 5. The predicted molar refractivity (Wildman–Crippen MR) is 114 cm³/mol. The number of carbonyl (C=O) groups is 1. The van der Waals surface area contributed by atoms with Crippen LogP contribution in [0.4, 0.5) is 6.01 Å². The van der Waals surface area contributed by atoms with Crippen LogP contribution < -0.4 is 5.32 Å². The number of hydrogen-bond donors (Lipinski definition) is 1. The highest BCUT2D eigenvalue weighted by molar-refractivity contribution is 6.03. The Bertz CT molecular complexity index is 1330. The number of furan rings is 1. The van der Waals surface area contributed by atoms with E-state index in [9.17, 15) is 4.79 Å². The zero-order chi connectivity index (χ0) is 21.2. The Morgan fingerprint density at radius 3 is 2.45 bits per heavy atom. The van der Waals surface area contributed by atoms with Gasteiger partial charge in [0, 0.05) is 24.4 Å². The first-order valence-electron chi connectivity index (χ1n) is 9.54. The van der Waals surface area contributed by atoms with Crippen molar-refractivity contribution in [1.82, 2.24) is 20.0 Å². The fourth-order valence-electron chi connectivity index (χ4n) is 3.21. The minimum absolute atomic E-state index is 0.00243. The number of aromatic nitrogens is 4. The number of nitrogens with one attached hydrogen (secondary N) is 1. The molecule has 5 rings (SSSR count). The number of aryl methyl sites for hydroxylation is 1. The topological polar surface area (TPSA) is 99.0 Å². The maximum absolute atomic E-state index is 12.7. The molecule has 0 atom stereocenters. The number of hydrogen-bond acceptors (Lipinski definition) is 6. The standard InChI is InChI=1S/C23H17N5O3/c1-28-14-19(13-24-28)16-9-7-15(8-10-16)17-4-2-5-18(12-17)21(29)25-23-27-26-22(31-23)20-6-3-11-30-20/h2-14H,1H3,(H,25,27,29). The lowest BCUT2D eigenvalue weighted by Crippen LogP contribution is -2.12. The lowest BCUT2D eigenvalue weighted by atomic mass is 10.00. The van der Waals surface area contributed by atoms with Crippen molar-refractivity contribution in [2.24, 2.45) is 7.05 Å². The number of nitrogens with zero attached hydrogens (tertiary/aromatic N) is 4. The van der Waals surface area contributed by atoms with Gasteiger partial charge in [0.2, 0.25) is 0 Å². The van der Waals surface area contributed by atoms with Crippen molar-refractivity contribution in [3.8, 4) is 33.9 Å². The van der Waals surface area contributed by atoms with Gasteiger partial charge in [-0.2, -0.15) is 5.10 Å². The Morgan fingerprint density at radius 1 is 0.935 bits per heavy atom. The third-order valence-corrected chi connectivity index (χ3v) is 4.76. The van der Waals surface area contributed by atoms with Crippen LogP contribution in [-0.2, 0) is 7.05 Å². The van der Waals surface area contributed by atoms with E-state index in [1.54, 1.807) is 22.9 Å². The summed E-state index contributed by atoms with van der Waals surface area (Å²) >= 11 is 0. The van der Waals surface area contributed by atoms with E-state index in [1.165, 1.54) is 6.26 Å². The van der Waals surface area contributed by atoms with E-state index in [1.807, 2.05) is 61.9 Å². The number of carbonyl (C=O) groups excluding carboxylic acids is 1. The van der Waals surface area contributed by atoms with Gasteiger partial charge in [-0.15, -0.1) is 5.10 Å². The second-order valence-corrected chi connectivity index (χ2v) is 6.90. The largest absolute Gasteiger partial charge is 0.459 e. The number of benzene rings is 2. The second-order valence-electron chi connectivity index (χ2n) is 6.90. The highest BCUT2D eigenvalue weighted by Gasteiger charge is 2.14. The molecule has 0 saturated carbocycles. The predicted octanol–water partition coefficient (Wildman–Crippen LogP) is 4.65. The normalized spacial score (nSPS) is 10.9. The quantitative estimate of drug-likeness (QED) is 0.452. The zero-order valence-corrected chi connectivity index (χ0v) is 16.5. The minimum atomic E-state index is -0.344. The molecule has 0 unspecified atom stereocenters. The van der Waals surface area contributed by atoms with Crippen molar-refractivity contribution in [2.75, 3.05) is 5.32 Å². The van der Waals surface area contributed by atoms with Crippen LogP contribution in [0.2, 0.25) is 0 Å². The van der Waals surface area contributed by atoms with Gasteiger partial charge in [-0.05, 0) is 41.0 Å². The first kappa shape index (κ1) is 18.6. The van der Waals surface area contributed by atoms with Crippen LogP contribution in [0, 0.1) is 0 Å². The monoisotopic (exact) mass is 411 g/mol. The fourth-order valence-corrected chi connectivity index (χ4v) is 3.21. The van der Waals surface area contributed by atoms with Crippen LogP contribution in [-0.4, -0.2) is 25.9 Å². The van der Waals surface area contributed by atoms with Crippen molar-refractivity contribution in [1.29, 1.82) is 0 Å². The van der Waals surface area contributed by atoms with Gasteiger partial charge in [0.25, 0.3) is 11.8 Å². The molecular formula is C23H17N5O3. The third-order valence-electron chi connectivity index (χ3n) is 4.76. The molecule has 1 N–H and O–H groups in total. The van der Waals surface area contributed by atoms with Crippen LogP contribution in [0.3, 0.4) is 0 Å². The summed E-state index contributed by atoms with van der Waals surface area (Å²) in [5.74, 6) is 0.288. The van der Waals surface area contributed by atoms with E-state index in [0.29, 0.717) is 11.3 Å². The lowest BCUT2D eigenvalue weighted by Gasteiger charge is -2.06. The molecule has 0 radical (unpaired) electrons. The van der Waals surface area contributed by atoms with Gasteiger partial charge >= 0.3 is 6.01 Å². The highest BCUT2D eigenvalue weighted by Crippen LogP contribution is 2.26. The summed E-state index contributed by atoms with van der Waals surface area (Å²) in [5, 5.41) is 14.5. The van der Waals surface area contributed by atoms with Gasteiger partial charge in [0.15, 0.2) is 5.76 Å². The van der Waals surface area contributed by atoms with E-state index in [4.69, 9.17) is 8.83 Å². The van der Waals surface area contributed by atoms with Crippen molar-refractivity contribution in [3.05, 3.63) is 84.9 Å². The summed E-state index contributed by atoms with van der Waals surface area (Å²) in [6.45, 7) is 0. The first-order chi connectivity index (χ1) is 15.2. The van der Waals surface area contributed by atoms with Crippen LogP contribution in [0.5, 0.6) is 0 Å². The Hall–Kier alpha value is -4.46. The van der Waals surface area contributed by atoms with Crippen molar-refractivity contribution < 1.29 is 13.6 Å². The molecule has 2 aromatic carbocycles. The maximum Gasteiger partial charge on any atom is 0.322 e. The van der Waals surface area contributed by atoms with E-state index in [0.717, 1.165) is 22.3 Å². The second kappa shape index (κ2) is 7.75. The smallest absolute Gasteiger partial charge is 0.322 e. The first-order valence-corrected chi connectivity index (χ1v) is 9.54. The van der Waals surface area contributed by atoms with Gasteiger partial charge in [-0.3, -0.25) is 14.8 Å². The minimum Gasteiger partial charge on any atom is -0.459 e. The van der Waals surface area contributed by atoms with Crippen LogP contribution in [0.1, 0.15) is 10.4 Å². The molecule has 1 amide bonds. The molecule has 0 fully saturated rings. The molecule has 8 heteroatoms. The molecule has 3 heterocycles. The van der Waals surface area contributed by atoms with Crippen molar-refractivity contribution in [2.45, 2.75) is 0 Å².